The fourth-order valence-corrected chi connectivity index (χ4v) is 8.35. The molecule has 3 heterocycles. The zero-order chi connectivity index (χ0) is 37.8. The Labute approximate surface area is 322 Å². The van der Waals surface area contributed by atoms with Crippen LogP contribution >= 0.6 is 0 Å². The monoisotopic (exact) mass is 732 g/mol. The molecule has 8 heteroatoms. The lowest BCUT2D eigenvalue weighted by atomic mass is 9.94. The Morgan fingerprint density at radius 2 is 1.50 bits per heavy atom. The number of nitrogens with zero attached hydrogens (tertiary/aromatic N) is 4. The van der Waals surface area contributed by atoms with E-state index in [1.807, 2.05) is 103 Å². The van der Waals surface area contributed by atoms with E-state index < -0.39 is 5.97 Å². The number of phenolic OH excluding ortho intramolecular Hbond substituents is 1. The van der Waals surface area contributed by atoms with Crippen LogP contribution in [0.3, 0.4) is 0 Å². The predicted molar refractivity (Wildman–Crippen MR) is 221 cm³/mol. The predicted octanol–water partition coefficient (Wildman–Crippen LogP) is 12.0. The summed E-state index contributed by atoms with van der Waals surface area (Å²) in [5.74, 6) is 1.23. The summed E-state index contributed by atoms with van der Waals surface area (Å²) in [6.45, 7) is 0. The molecule has 8 nitrogen and oxygen atoms in total. The van der Waals surface area contributed by atoms with Crippen LogP contribution in [0, 0.1) is 0 Å². The van der Waals surface area contributed by atoms with Crippen LogP contribution in [0.1, 0.15) is 48.5 Å². The molecule has 3 aromatic heterocycles. The molecule has 0 amide bonds. The van der Waals surface area contributed by atoms with E-state index in [1.165, 1.54) is 6.42 Å². The molecule has 2 N–H and O–H groups in total. The van der Waals surface area contributed by atoms with Gasteiger partial charge in [0.25, 0.3) is 0 Å². The maximum absolute atomic E-state index is 12.8. The Morgan fingerprint density at radius 3 is 2.36 bits per heavy atom. The van der Waals surface area contributed by atoms with Crippen molar-refractivity contribution in [2.45, 2.75) is 38.1 Å². The van der Waals surface area contributed by atoms with Crippen molar-refractivity contribution in [2.75, 3.05) is 0 Å². The minimum absolute atomic E-state index is 0.192. The Balaban J connectivity index is 1.19. The Hall–Kier alpha value is -7.06. The van der Waals surface area contributed by atoms with Gasteiger partial charge in [-0.05, 0) is 102 Å². The van der Waals surface area contributed by atoms with Crippen molar-refractivity contribution in [1.29, 1.82) is 0 Å². The topological polar surface area (TPSA) is 110 Å². The first-order valence-electron chi connectivity index (χ1n) is 19.0. The molecule has 0 bridgehead atoms. The number of rotatable bonds is 7. The van der Waals surface area contributed by atoms with Gasteiger partial charge in [-0.3, -0.25) is 4.98 Å². The largest absolute Gasteiger partial charge is 0.508 e. The van der Waals surface area contributed by atoms with E-state index in [1.54, 1.807) is 24.4 Å². The number of carboxylic acids is 1. The van der Waals surface area contributed by atoms with Gasteiger partial charge in [-0.1, -0.05) is 73.9 Å². The molecule has 0 unspecified atom stereocenters. The van der Waals surface area contributed by atoms with E-state index in [0.29, 0.717) is 22.6 Å². The van der Waals surface area contributed by atoms with Crippen LogP contribution in [0.5, 0.6) is 17.2 Å². The summed E-state index contributed by atoms with van der Waals surface area (Å²) < 4.78 is 9.08. The van der Waals surface area contributed by atoms with Crippen LogP contribution in [0.15, 0.2) is 140 Å². The number of hydrogen-bond donors (Lipinski definition) is 2. The van der Waals surface area contributed by atoms with Crippen molar-refractivity contribution < 1.29 is 19.7 Å². The van der Waals surface area contributed by atoms with E-state index in [0.717, 1.165) is 92.0 Å². The first-order chi connectivity index (χ1) is 27.5. The number of imidazole rings is 1. The fourth-order valence-electron chi connectivity index (χ4n) is 8.35. The molecule has 1 aliphatic carbocycles. The number of hydrogen-bond acceptors (Lipinski definition) is 6. The molecular weight excluding hydrogens is 697 g/mol. The molecule has 0 spiro atoms. The molecule has 0 aliphatic heterocycles. The summed E-state index contributed by atoms with van der Waals surface area (Å²) in [4.78, 5) is 27.8. The second kappa shape index (κ2) is 13.7. The van der Waals surface area contributed by atoms with E-state index >= 15 is 0 Å². The minimum Gasteiger partial charge on any atom is -0.508 e. The quantitative estimate of drug-likeness (QED) is 0.168. The third-order valence-electron chi connectivity index (χ3n) is 11.0. The molecule has 0 atom stereocenters. The number of phenols is 1. The first-order valence-corrected chi connectivity index (χ1v) is 19.0. The van der Waals surface area contributed by atoms with Crippen LogP contribution in [-0.4, -0.2) is 35.7 Å². The highest BCUT2D eigenvalue weighted by atomic mass is 16.5. The SMILES string of the molecule is O=C(O)c1ccc2c(nc(-c3ccc4nc(-c5ccccc5)cc(Oc5ccc6ccc(O)cc6c5)c4c3)n2C2CCCCC2)c1-c1ccc2ncccc2c1. The molecule has 10 rings (SSSR count). The fraction of sp³-hybridized carbons (Fsp3) is 0.125. The van der Waals surface area contributed by atoms with Gasteiger partial charge in [0.1, 0.15) is 23.1 Å². The van der Waals surface area contributed by atoms with Crippen LogP contribution in [0.4, 0.5) is 0 Å². The normalized spacial score (nSPS) is 13.5. The average molecular weight is 733 g/mol. The maximum Gasteiger partial charge on any atom is 0.336 e. The second-order valence-electron chi connectivity index (χ2n) is 14.6. The average Bonchev–Trinajstić information content (AvgIpc) is 3.63. The number of aromatic hydroxyl groups is 1. The molecule has 1 aliphatic rings. The number of fused-ring (bicyclic) bond motifs is 4. The summed E-state index contributed by atoms with van der Waals surface area (Å²) in [5.41, 5.74) is 7.39. The smallest absolute Gasteiger partial charge is 0.336 e. The molecule has 56 heavy (non-hydrogen) atoms. The van der Waals surface area contributed by atoms with Gasteiger partial charge in [0.2, 0.25) is 0 Å². The molecule has 272 valence electrons. The first kappa shape index (κ1) is 33.5. The lowest BCUT2D eigenvalue weighted by Gasteiger charge is -2.26. The van der Waals surface area contributed by atoms with Gasteiger partial charge in [-0.25, -0.2) is 14.8 Å². The van der Waals surface area contributed by atoms with Crippen LogP contribution in [-0.2, 0) is 0 Å². The zero-order valence-electron chi connectivity index (χ0n) is 30.4. The van der Waals surface area contributed by atoms with Gasteiger partial charge >= 0.3 is 5.97 Å². The van der Waals surface area contributed by atoms with Crippen molar-refractivity contribution in [2.24, 2.45) is 0 Å². The molecular formula is C48H36N4O4. The maximum atomic E-state index is 12.8. The van der Waals surface area contributed by atoms with Crippen LogP contribution in [0.25, 0.3) is 77.4 Å². The van der Waals surface area contributed by atoms with E-state index in [4.69, 9.17) is 14.7 Å². The molecule has 1 saturated carbocycles. The van der Waals surface area contributed by atoms with Gasteiger partial charge in [-0.2, -0.15) is 0 Å². The number of benzene rings is 6. The summed E-state index contributed by atoms with van der Waals surface area (Å²) >= 11 is 0. The van der Waals surface area contributed by atoms with Gasteiger partial charge < -0.3 is 19.5 Å². The van der Waals surface area contributed by atoms with E-state index in [2.05, 4.69) is 21.7 Å². The third-order valence-corrected chi connectivity index (χ3v) is 11.0. The van der Waals surface area contributed by atoms with E-state index in [9.17, 15) is 15.0 Å². The van der Waals surface area contributed by atoms with Gasteiger partial charge in [-0.15, -0.1) is 0 Å². The van der Waals surface area contributed by atoms with Crippen LogP contribution in [0.2, 0.25) is 0 Å². The second-order valence-corrected chi connectivity index (χ2v) is 14.6. The van der Waals surface area contributed by atoms with Crippen molar-refractivity contribution in [3.63, 3.8) is 0 Å². The molecule has 6 aromatic carbocycles. The summed E-state index contributed by atoms with van der Waals surface area (Å²) in [5, 5.41) is 24.3. The summed E-state index contributed by atoms with van der Waals surface area (Å²) in [7, 11) is 0. The molecule has 0 radical (unpaired) electrons. The Kier molecular flexibility index (Phi) is 8.17. The highest BCUT2D eigenvalue weighted by Gasteiger charge is 2.27. The molecule has 1 fully saturated rings. The summed E-state index contributed by atoms with van der Waals surface area (Å²) in [6, 6.07) is 43.0. The molecule has 9 aromatic rings. The molecule has 0 saturated heterocycles. The zero-order valence-corrected chi connectivity index (χ0v) is 30.4. The number of carboxylic acid groups (broad SMARTS) is 1. The van der Waals surface area contributed by atoms with Crippen molar-refractivity contribution >= 4 is 49.6 Å². The Morgan fingerprint density at radius 1 is 0.679 bits per heavy atom. The van der Waals surface area contributed by atoms with Gasteiger partial charge in [0.15, 0.2) is 0 Å². The Bertz CT molecular complexity index is 2990. The van der Waals surface area contributed by atoms with E-state index in [-0.39, 0.29) is 17.4 Å². The number of pyridine rings is 2. The lowest BCUT2D eigenvalue weighted by molar-refractivity contribution is 0.0698. The van der Waals surface area contributed by atoms with Gasteiger partial charge in [0.05, 0.1) is 33.3 Å². The van der Waals surface area contributed by atoms with Crippen molar-refractivity contribution in [3.05, 3.63) is 145 Å². The van der Waals surface area contributed by atoms with Crippen LogP contribution < -0.4 is 4.74 Å². The number of carbonyl (C=O) groups is 1. The highest BCUT2D eigenvalue weighted by molar-refractivity contribution is 6.07. The highest BCUT2D eigenvalue weighted by Crippen LogP contribution is 2.42. The van der Waals surface area contributed by atoms with Crippen molar-refractivity contribution in [1.82, 2.24) is 19.5 Å². The summed E-state index contributed by atoms with van der Waals surface area (Å²) in [6.07, 6.45) is 7.21. The number of aromatic nitrogens is 4. The standard InChI is InChI=1S/C48H36N4O4/c53-36-17-13-29-14-18-37(26-34(29)25-36)56-44-28-42(30-8-3-1-4-9-30)50-41-21-16-33(27-39(41)44)47-51-46-43(52(47)35-11-5-2-6-12-35)22-19-38(48(54)55)45(46)32-15-20-40-31(24-32)10-7-23-49-40/h1,3-4,7-10,13-28,35,53H,2,5-6,11-12H2,(H,54,55). The number of ether oxygens (including phenoxy) is 1. The minimum atomic E-state index is -1.00. The van der Waals surface area contributed by atoms with Crippen molar-refractivity contribution in [3.8, 4) is 51.0 Å². The lowest BCUT2D eigenvalue weighted by Crippen LogP contribution is -2.14. The third kappa shape index (κ3) is 5.96. The number of aromatic carboxylic acids is 1. The van der Waals surface area contributed by atoms with Gasteiger partial charge in [0, 0.05) is 45.8 Å².